The lowest BCUT2D eigenvalue weighted by Gasteiger charge is -2.22. The van der Waals surface area contributed by atoms with Crippen molar-refractivity contribution in [2.45, 2.75) is 37.6 Å². The Hall–Kier alpha value is -2.58. The van der Waals surface area contributed by atoms with Crippen LogP contribution in [0.2, 0.25) is 0 Å². The molecule has 1 aliphatic heterocycles. The number of rotatable bonds is 7. The first-order valence-corrected chi connectivity index (χ1v) is 11.6. The second kappa shape index (κ2) is 9.06. The van der Waals surface area contributed by atoms with Crippen LogP contribution in [0, 0.1) is 6.92 Å². The molecule has 1 atom stereocenters. The summed E-state index contributed by atoms with van der Waals surface area (Å²) in [6.07, 6.45) is 2.46. The summed E-state index contributed by atoms with van der Waals surface area (Å²) in [5.74, 6) is -0.240. The van der Waals surface area contributed by atoms with Crippen molar-refractivity contribution in [3.8, 4) is 0 Å². The average Bonchev–Trinajstić information content (AvgIpc) is 3.22. The summed E-state index contributed by atoms with van der Waals surface area (Å²) < 4.78 is 25.7. The van der Waals surface area contributed by atoms with Crippen molar-refractivity contribution in [2.24, 2.45) is 0 Å². The Bertz CT molecular complexity index is 1010. The molecule has 0 radical (unpaired) electrons. The van der Waals surface area contributed by atoms with E-state index >= 15 is 0 Å². The Morgan fingerprint density at radius 2 is 1.77 bits per heavy atom. The van der Waals surface area contributed by atoms with Crippen molar-refractivity contribution in [2.75, 3.05) is 42.7 Å². The molecular formula is C22H30N4O3S. The molecule has 7 nitrogen and oxygen atoms in total. The first-order valence-electron chi connectivity index (χ1n) is 10.1. The first-order chi connectivity index (χ1) is 14.2. The van der Waals surface area contributed by atoms with E-state index in [9.17, 15) is 13.2 Å². The number of anilines is 3. The predicted octanol–water partition coefficient (Wildman–Crippen LogP) is 3.28. The highest BCUT2D eigenvalue weighted by molar-refractivity contribution is 7.89. The molecule has 1 fully saturated rings. The van der Waals surface area contributed by atoms with Gasteiger partial charge in [0.15, 0.2) is 0 Å². The van der Waals surface area contributed by atoms with E-state index in [-0.39, 0.29) is 10.8 Å². The van der Waals surface area contributed by atoms with E-state index in [0.29, 0.717) is 5.69 Å². The normalized spacial score (nSPS) is 15.3. The Balaban J connectivity index is 1.66. The zero-order valence-corrected chi connectivity index (χ0v) is 18.8. The lowest BCUT2D eigenvalue weighted by molar-refractivity contribution is -0.116. The number of sulfonamides is 1. The van der Waals surface area contributed by atoms with E-state index in [1.54, 1.807) is 19.1 Å². The van der Waals surface area contributed by atoms with Crippen molar-refractivity contribution in [1.29, 1.82) is 0 Å². The van der Waals surface area contributed by atoms with Gasteiger partial charge in [-0.2, -0.15) is 0 Å². The van der Waals surface area contributed by atoms with E-state index in [0.717, 1.165) is 23.1 Å². The standard InChI is InChI=1S/C22H30N4O3S/c1-16-14-19(10-11-21(16)26-12-5-6-13-26)23-17(2)22(27)24-18-8-7-9-20(15-18)30(28,29)25(3)4/h7-11,14-15,17,23H,5-6,12-13H2,1-4H3,(H,24,27). The maximum atomic E-state index is 12.6. The third-order valence-electron chi connectivity index (χ3n) is 5.30. The first kappa shape index (κ1) is 22.1. The molecule has 0 aliphatic carbocycles. The molecule has 2 aromatic rings. The number of carbonyl (C=O) groups excluding carboxylic acids is 1. The third-order valence-corrected chi connectivity index (χ3v) is 7.11. The summed E-state index contributed by atoms with van der Waals surface area (Å²) in [5.41, 5.74) is 3.74. The van der Waals surface area contributed by atoms with E-state index < -0.39 is 16.1 Å². The van der Waals surface area contributed by atoms with Crippen LogP contribution in [0.25, 0.3) is 0 Å². The molecule has 2 N–H and O–H groups in total. The fourth-order valence-electron chi connectivity index (χ4n) is 3.57. The number of benzene rings is 2. The highest BCUT2D eigenvalue weighted by Crippen LogP contribution is 2.27. The maximum Gasteiger partial charge on any atom is 0.246 e. The molecule has 0 aromatic heterocycles. The fraction of sp³-hybridized carbons (Fsp3) is 0.409. The van der Waals surface area contributed by atoms with E-state index in [1.165, 1.54) is 50.3 Å². The van der Waals surface area contributed by atoms with Gasteiger partial charge in [0.05, 0.1) is 4.90 Å². The van der Waals surface area contributed by atoms with Gasteiger partial charge in [0.1, 0.15) is 6.04 Å². The quantitative estimate of drug-likeness (QED) is 0.705. The molecule has 1 saturated heterocycles. The molecule has 1 amide bonds. The second-order valence-electron chi connectivity index (χ2n) is 7.87. The Morgan fingerprint density at radius 1 is 1.07 bits per heavy atom. The van der Waals surface area contributed by atoms with E-state index in [1.807, 2.05) is 6.07 Å². The van der Waals surface area contributed by atoms with Crippen molar-refractivity contribution in [1.82, 2.24) is 4.31 Å². The summed E-state index contributed by atoms with van der Waals surface area (Å²) in [4.78, 5) is 15.2. The summed E-state index contributed by atoms with van der Waals surface area (Å²) in [6.45, 7) is 6.05. The van der Waals surface area contributed by atoms with Gasteiger partial charge in [-0.15, -0.1) is 0 Å². The van der Waals surface area contributed by atoms with Gasteiger partial charge < -0.3 is 15.5 Å². The minimum absolute atomic E-state index is 0.138. The Kier molecular flexibility index (Phi) is 6.67. The maximum absolute atomic E-state index is 12.6. The summed E-state index contributed by atoms with van der Waals surface area (Å²) in [7, 11) is -0.606. The number of amides is 1. The molecule has 0 saturated carbocycles. The monoisotopic (exact) mass is 430 g/mol. The topological polar surface area (TPSA) is 81.8 Å². The Morgan fingerprint density at radius 3 is 2.40 bits per heavy atom. The molecule has 8 heteroatoms. The number of carbonyl (C=O) groups is 1. The van der Waals surface area contributed by atoms with Crippen molar-refractivity contribution in [3.05, 3.63) is 48.0 Å². The third kappa shape index (κ3) is 4.94. The van der Waals surface area contributed by atoms with Gasteiger partial charge in [0, 0.05) is 44.2 Å². The molecular weight excluding hydrogens is 400 g/mol. The highest BCUT2D eigenvalue weighted by atomic mass is 32.2. The lowest BCUT2D eigenvalue weighted by Crippen LogP contribution is -2.32. The smallest absolute Gasteiger partial charge is 0.246 e. The second-order valence-corrected chi connectivity index (χ2v) is 10.0. The van der Waals surface area contributed by atoms with Crippen LogP contribution in [0.15, 0.2) is 47.4 Å². The van der Waals surface area contributed by atoms with Crippen LogP contribution in [0.5, 0.6) is 0 Å². The number of hydrogen-bond donors (Lipinski definition) is 2. The zero-order chi connectivity index (χ0) is 21.9. The largest absolute Gasteiger partial charge is 0.374 e. The van der Waals surface area contributed by atoms with Crippen molar-refractivity contribution < 1.29 is 13.2 Å². The van der Waals surface area contributed by atoms with Gasteiger partial charge in [0.25, 0.3) is 0 Å². The minimum Gasteiger partial charge on any atom is -0.374 e. The average molecular weight is 431 g/mol. The van der Waals surface area contributed by atoms with E-state index in [4.69, 9.17) is 0 Å². The molecule has 3 rings (SSSR count). The predicted molar refractivity (Wildman–Crippen MR) is 122 cm³/mol. The summed E-state index contributed by atoms with van der Waals surface area (Å²) in [6, 6.07) is 11.9. The van der Waals surface area contributed by atoms with Gasteiger partial charge >= 0.3 is 0 Å². The van der Waals surface area contributed by atoms with Crippen molar-refractivity contribution >= 4 is 33.0 Å². The van der Waals surface area contributed by atoms with Gasteiger partial charge in [-0.25, -0.2) is 12.7 Å². The Labute approximate surface area is 179 Å². The molecule has 162 valence electrons. The van der Waals surface area contributed by atoms with Crippen LogP contribution < -0.4 is 15.5 Å². The molecule has 2 aromatic carbocycles. The van der Waals surface area contributed by atoms with Crippen LogP contribution in [0.3, 0.4) is 0 Å². The number of nitrogens with zero attached hydrogens (tertiary/aromatic N) is 2. The fourth-order valence-corrected chi connectivity index (χ4v) is 4.52. The van der Waals surface area contributed by atoms with E-state index in [2.05, 4.69) is 34.6 Å². The number of aryl methyl sites for hydroxylation is 1. The number of hydrogen-bond acceptors (Lipinski definition) is 5. The molecule has 1 aliphatic rings. The van der Waals surface area contributed by atoms with Crippen LogP contribution in [-0.2, 0) is 14.8 Å². The molecule has 0 spiro atoms. The van der Waals surface area contributed by atoms with Gasteiger partial charge in [0.2, 0.25) is 15.9 Å². The highest BCUT2D eigenvalue weighted by Gasteiger charge is 2.19. The summed E-state index contributed by atoms with van der Waals surface area (Å²) >= 11 is 0. The SMILES string of the molecule is Cc1cc(NC(C)C(=O)Nc2cccc(S(=O)(=O)N(C)C)c2)ccc1N1CCCC1. The van der Waals surface area contributed by atoms with Gasteiger partial charge in [-0.1, -0.05) is 6.07 Å². The summed E-state index contributed by atoms with van der Waals surface area (Å²) in [5, 5.41) is 6.02. The molecule has 1 unspecified atom stereocenters. The lowest BCUT2D eigenvalue weighted by atomic mass is 10.1. The van der Waals surface area contributed by atoms with Crippen LogP contribution >= 0.6 is 0 Å². The minimum atomic E-state index is -3.56. The molecule has 0 bridgehead atoms. The van der Waals surface area contributed by atoms with Crippen molar-refractivity contribution in [3.63, 3.8) is 0 Å². The van der Waals surface area contributed by atoms with Crippen LogP contribution in [0.1, 0.15) is 25.3 Å². The zero-order valence-electron chi connectivity index (χ0n) is 18.0. The van der Waals surface area contributed by atoms with Gasteiger partial charge in [-0.3, -0.25) is 4.79 Å². The number of nitrogens with one attached hydrogen (secondary N) is 2. The van der Waals surface area contributed by atoms with Gasteiger partial charge in [-0.05, 0) is 68.7 Å². The van der Waals surface area contributed by atoms with Crippen LogP contribution in [-0.4, -0.2) is 51.9 Å². The van der Waals surface area contributed by atoms with Crippen LogP contribution in [0.4, 0.5) is 17.1 Å². The molecule has 30 heavy (non-hydrogen) atoms. The molecule has 1 heterocycles.